The van der Waals surface area contributed by atoms with Crippen LogP contribution in [-0.2, 0) is 4.74 Å². The molecule has 3 aromatic rings. The molecule has 2 aromatic carbocycles. The van der Waals surface area contributed by atoms with Crippen LogP contribution in [0.3, 0.4) is 0 Å². The van der Waals surface area contributed by atoms with Crippen LogP contribution in [0.25, 0.3) is 11.0 Å². The first-order chi connectivity index (χ1) is 15.8. The Morgan fingerprint density at radius 3 is 2.45 bits per heavy atom. The van der Waals surface area contributed by atoms with Crippen LogP contribution in [0.5, 0.6) is 5.75 Å². The molecule has 0 fully saturated rings. The van der Waals surface area contributed by atoms with E-state index in [2.05, 4.69) is 0 Å². The van der Waals surface area contributed by atoms with Crippen molar-refractivity contribution in [2.75, 3.05) is 41.4 Å². The molecule has 0 N–H and O–H groups in total. The minimum absolute atomic E-state index is 0.0488. The van der Waals surface area contributed by atoms with E-state index in [9.17, 15) is 14.4 Å². The number of methoxy groups -OCH3 is 2. The summed E-state index contributed by atoms with van der Waals surface area (Å²) in [6.45, 7) is 1.23. The van der Waals surface area contributed by atoms with E-state index in [-0.39, 0.29) is 17.1 Å². The van der Waals surface area contributed by atoms with Crippen molar-refractivity contribution in [3.63, 3.8) is 0 Å². The summed E-state index contributed by atoms with van der Waals surface area (Å²) in [6, 6.07) is 11.1. The van der Waals surface area contributed by atoms with E-state index in [4.69, 9.17) is 13.9 Å². The topological polar surface area (TPSA) is 89.3 Å². The Kier molecular flexibility index (Phi) is 6.20. The highest BCUT2D eigenvalue weighted by molar-refractivity contribution is 5.99. The minimum Gasteiger partial charge on any atom is -0.497 e. The maximum atomic E-state index is 13.5. The average Bonchev–Trinajstić information content (AvgIpc) is 3.10. The van der Waals surface area contributed by atoms with Gasteiger partial charge in [-0.3, -0.25) is 9.59 Å². The smallest absolute Gasteiger partial charge is 0.337 e. The molecule has 1 aliphatic rings. The summed E-state index contributed by atoms with van der Waals surface area (Å²) in [5.41, 5.74) is 1.48. The Hall–Kier alpha value is -3.65. The molecule has 0 saturated carbocycles. The SMILES string of the molecule is COC(=O)c1ccc([C@@H]2c3c(oc4cc(OC)ccc4c3=O)C(=O)N2CCCN(C)C)cc1. The first kappa shape index (κ1) is 22.5. The van der Waals surface area contributed by atoms with Gasteiger partial charge in [-0.15, -0.1) is 0 Å². The number of rotatable bonds is 7. The third-order valence-electron chi connectivity index (χ3n) is 5.83. The first-order valence-corrected chi connectivity index (χ1v) is 10.6. The highest BCUT2D eigenvalue weighted by Gasteiger charge is 2.42. The van der Waals surface area contributed by atoms with Crippen molar-refractivity contribution in [2.45, 2.75) is 12.5 Å². The molecular formula is C25H26N2O6. The van der Waals surface area contributed by atoms with Gasteiger partial charge in [-0.05, 0) is 56.9 Å². The molecule has 2 heterocycles. The van der Waals surface area contributed by atoms with Crippen LogP contribution in [0.2, 0.25) is 0 Å². The van der Waals surface area contributed by atoms with Gasteiger partial charge in [0.15, 0.2) is 5.43 Å². The van der Waals surface area contributed by atoms with Crippen molar-refractivity contribution in [1.82, 2.24) is 9.80 Å². The van der Waals surface area contributed by atoms with Crippen molar-refractivity contribution >= 4 is 22.8 Å². The number of carbonyl (C=O) groups is 2. The van der Waals surface area contributed by atoms with Gasteiger partial charge in [-0.1, -0.05) is 12.1 Å². The standard InChI is InChI=1S/C25H26N2O6/c1-26(2)12-5-13-27-21(15-6-8-16(9-7-15)25(30)32-4)20-22(28)18-11-10-17(31-3)14-19(18)33-23(20)24(27)29/h6-11,14,21H,5,12-13H2,1-4H3/t21-/m1/s1. The molecule has 1 amide bonds. The Bertz CT molecular complexity index is 1260. The summed E-state index contributed by atoms with van der Waals surface area (Å²) < 4.78 is 16.0. The van der Waals surface area contributed by atoms with Crippen LogP contribution >= 0.6 is 0 Å². The summed E-state index contributed by atoms with van der Waals surface area (Å²) in [4.78, 5) is 42.5. The monoisotopic (exact) mass is 450 g/mol. The lowest BCUT2D eigenvalue weighted by molar-refractivity contribution is 0.0600. The molecule has 0 aliphatic carbocycles. The molecule has 1 aliphatic heterocycles. The molecule has 172 valence electrons. The van der Waals surface area contributed by atoms with E-state index in [0.717, 1.165) is 18.5 Å². The van der Waals surface area contributed by atoms with Gasteiger partial charge in [0.25, 0.3) is 5.91 Å². The van der Waals surface area contributed by atoms with Gasteiger partial charge in [0.1, 0.15) is 11.3 Å². The lowest BCUT2D eigenvalue weighted by Crippen LogP contribution is -2.32. The lowest BCUT2D eigenvalue weighted by Gasteiger charge is -2.25. The molecule has 4 rings (SSSR count). The van der Waals surface area contributed by atoms with E-state index in [1.807, 2.05) is 19.0 Å². The number of esters is 1. The zero-order chi connectivity index (χ0) is 23.7. The molecule has 33 heavy (non-hydrogen) atoms. The fourth-order valence-electron chi connectivity index (χ4n) is 4.18. The fraction of sp³-hybridized carbons (Fsp3) is 0.320. The van der Waals surface area contributed by atoms with Crippen molar-refractivity contribution in [3.8, 4) is 5.75 Å². The molecular weight excluding hydrogens is 424 g/mol. The van der Waals surface area contributed by atoms with Crippen LogP contribution in [0.4, 0.5) is 0 Å². The number of fused-ring (bicyclic) bond motifs is 2. The van der Waals surface area contributed by atoms with Crippen molar-refractivity contribution < 1.29 is 23.5 Å². The van der Waals surface area contributed by atoms with Crippen molar-refractivity contribution in [1.29, 1.82) is 0 Å². The zero-order valence-corrected chi connectivity index (χ0v) is 19.1. The number of benzene rings is 2. The number of hydrogen-bond acceptors (Lipinski definition) is 7. The zero-order valence-electron chi connectivity index (χ0n) is 19.1. The van der Waals surface area contributed by atoms with Gasteiger partial charge in [0.2, 0.25) is 5.76 Å². The fourth-order valence-corrected chi connectivity index (χ4v) is 4.18. The largest absolute Gasteiger partial charge is 0.497 e. The minimum atomic E-state index is -0.607. The maximum absolute atomic E-state index is 13.5. The highest BCUT2D eigenvalue weighted by atomic mass is 16.5. The molecule has 1 atom stereocenters. The Morgan fingerprint density at radius 2 is 1.82 bits per heavy atom. The number of ether oxygens (including phenoxy) is 2. The van der Waals surface area contributed by atoms with E-state index in [0.29, 0.717) is 34.4 Å². The van der Waals surface area contributed by atoms with Crippen LogP contribution in [0, 0.1) is 0 Å². The lowest BCUT2D eigenvalue weighted by atomic mass is 9.97. The summed E-state index contributed by atoms with van der Waals surface area (Å²) in [7, 11) is 6.78. The number of carbonyl (C=O) groups excluding carboxylic acids is 2. The highest BCUT2D eigenvalue weighted by Crippen LogP contribution is 2.38. The second-order valence-corrected chi connectivity index (χ2v) is 8.21. The second kappa shape index (κ2) is 9.07. The van der Waals surface area contributed by atoms with Gasteiger partial charge in [0, 0.05) is 12.6 Å². The predicted molar refractivity (Wildman–Crippen MR) is 123 cm³/mol. The molecule has 8 nitrogen and oxygen atoms in total. The maximum Gasteiger partial charge on any atom is 0.337 e. The van der Waals surface area contributed by atoms with Crippen LogP contribution < -0.4 is 10.2 Å². The second-order valence-electron chi connectivity index (χ2n) is 8.21. The number of nitrogens with zero attached hydrogens (tertiary/aromatic N) is 2. The van der Waals surface area contributed by atoms with Crippen LogP contribution in [0.15, 0.2) is 51.7 Å². The van der Waals surface area contributed by atoms with Gasteiger partial charge < -0.3 is 23.7 Å². The third kappa shape index (κ3) is 4.09. The summed E-state index contributed by atoms with van der Waals surface area (Å²) in [5, 5.41) is 0.383. The van der Waals surface area contributed by atoms with E-state index < -0.39 is 12.0 Å². The van der Waals surface area contributed by atoms with Gasteiger partial charge in [-0.25, -0.2) is 4.79 Å². The number of amides is 1. The molecule has 0 saturated heterocycles. The molecule has 0 unspecified atom stereocenters. The van der Waals surface area contributed by atoms with E-state index >= 15 is 0 Å². The third-order valence-corrected chi connectivity index (χ3v) is 5.83. The van der Waals surface area contributed by atoms with E-state index in [1.165, 1.54) is 14.2 Å². The summed E-state index contributed by atoms with van der Waals surface area (Å²) in [6.07, 6.45) is 0.727. The van der Waals surface area contributed by atoms with Gasteiger partial charge in [-0.2, -0.15) is 0 Å². The molecule has 1 aromatic heterocycles. The predicted octanol–water partition coefficient (Wildman–Crippen LogP) is 3.09. The van der Waals surface area contributed by atoms with Gasteiger partial charge >= 0.3 is 5.97 Å². The van der Waals surface area contributed by atoms with Crippen molar-refractivity contribution in [2.24, 2.45) is 0 Å². The summed E-state index contributed by atoms with van der Waals surface area (Å²) >= 11 is 0. The van der Waals surface area contributed by atoms with Crippen LogP contribution in [-0.4, -0.2) is 63.1 Å². The Morgan fingerprint density at radius 1 is 1.09 bits per heavy atom. The van der Waals surface area contributed by atoms with Gasteiger partial charge in [0.05, 0.1) is 36.8 Å². The molecule has 0 spiro atoms. The molecule has 0 radical (unpaired) electrons. The number of hydrogen-bond donors (Lipinski definition) is 0. The van der Waals surface area contributed by atoms with Crippen LogP contribution in [0.1, 0.15) is 44.5 Å². The Balaban J connectivity index is 1.84. The molecule has 8 heteroatoms. The Labute approximate surface area is 191 Å². The van der Waals surface area contributed by atoms with E-state index in [1.54, 1.807) is 47.4 Å². The molecule has 0 bridgehead atoms. The first-order valence-electron chi connectivity index (χ1n) is 10.6. The summed E-state index contributed by atoms with van der Waals surface area (Å²) in [5.74, 6) is -0.194. The van der Waals surface area contributed by atoms with Crippen molar-refractivity contribution in [3.05, 3.63) is 75.1 Å². The quantitative estimate of drug-likeness (QED) is 0.511. The normalized spacial score (nSPS) is 15.2. The average molecular weight is 450 g/mol.